The molecular formula is C40H26. The number of rotatable bonds is 3. The maximum absolute atomic E-state index is 2.34. The van der Waals surface area contributed by atoms with Crippen molar-refractivity contribution < 1.29 is 0 Å². The van der Waals surface area contributed by atoms with E-state index in [1.54, 1.807) is 0 Å². The second-order valence-corrected chi connectivity index (χ2v) is 10.5. The normalized spacial score (nSPS) is 11.5. The molecule has 0 radical (unpaired) electrons. The van der Waals surface area contributed by atoms with Gasteiger partial charge in [-0.2, -0.15) is 0 Å². The summed E-state index contributed by atoms with van der Waals surface area (Å²) in [4.78, 5) is 0. The average molecular weight is 507 g/mol. The van der Waals surface area contributed by atoms with Crippen LogP contribution in [0.4, 0.5) is 0 Å². The van der Waals surface area contributed by atoms with E-state index >= 15 is 0 Å². The van der Waals surface area contributed by atoms with Gasteiger partial charge in [-0.15, -0.1) is 0 Å². The lowest BCUT2D eigenvalue weighted by Crippen LogP contribution is -1.92. The highest BCUT2D eigenvalue weighted by atomic mass is 14.2. The zero-order valence-electron chi connectivity index (χ0n) is 22.0. The molecule has 0 bridgehead atoms. The molecule has 0 fully saturated rings. The van der Waals surface area contributed by atoms with Gasteiger partial charge in [0.25, 0.3) is 0 Å². The Bertz CT molecular complexity index is 2150. The van der Waals surface area contributed by atoms with Gasteiger partial charge in [-0.3, -0.25) is 0 Å². The van der Waals surface area contributed by atoms with Gasteiger partial charge in [-0.25, -0.2) is 0 Å². The van der Waals surface area contributed by atoms with Crippen molar-refractivity contribution in [1.29, 1.82) is 0 Å². The standard InChI is InChI=1S/C40H26/c1-2-13-28(14-3-1)31-20-10-22-33-32(31)21-11-23-34(33)40-37-18-8-6-16-35(37)39(36-17-7-9-19-38(36)40)30-25-24-27-12-4-5-15-29(27)26-30/h1-26H. The molecule has 0 N–H and O–H groups in total. The molecule has 0 aliphatic heterocycles. The molecule has 186 valence electrons. The van der Waals surface area contributed by atoms with E-state index in [4.69, 9.17) is 0 Å². The SMILES string of the molecule is c1ccc(-c2cccc3c(-c4c5ccccc5c(-c5ccc6ccccc6c5)c5ccccc45)cccc23)cc1. The van der Waals surface area contributed by atoms with Crippen LogP contribution < -0.4 is 0 Å². The fourth-order valence-corrected chi connectivity index (χ4v) is 6.47. The molecule has 0 heteroatoms. The van der Waals surface area contributed by atoms with Gasteiger partial charge in [0.2, 0.25) is 0 Å². The number of benzene rings is 8. The van der Waals surface area contributed by atoms with E-state index < -0.39 is 0 Å². The van der Waals surface area contributed by atoms with Crippen LogP contribution in [0.2, 0.25) is 0 Å². The van der Waals surface area contributed by atoms with Crippen molar-refractivity contribution in [2.75, 3.05) is 0 Å². The van der Waals surface area contributed by atoms with Crippen LogP contribution >= 0.6 is 0 Å². The first-order chi connectivity index (χ1) is 19.9. The minimum absolute atomic E-state index is 1.24. The quantitative estimate of drug-likeness (QED) is 0.209. The Kier molecular flexibility index (Phi) is 5.24. The minimum atomic E-state index is 1.24. The topological polar surface area (TPSA) is 0 Å². The second kappa shape index (κ2) is 9.22. The van der Waals surface area contributed by atoms with Gasteiger partial charge in [0.15, 0.2) is 0 Å². The first-order valence-corrected chi connectivity index (χ1v) is 13.9. The van der Waals surface area contributed by atoms with Crippen LogP contribution in [0.15, 0.2) is 158 Å². The molecule has 0 saturated heterocycles. The largest absolute Gasteiger partial charge is 0.0622 e. The molecule has 0 spiro atoms. The van der Waals surface area contributed by atoms with Gasteiger partial charge in [-0.1, -0.05) is 152 Å². The third-order valence-corrected chi connectivity index (χ3v) is 8.25. The zero-order valence-corrected chi connectivity index (χ0v) is 22.0. The molecule has 0 aliphatic rings. The van der Waals surface area contributed by atoms with Crippen LogP contribution in [0.25, 0.3) is 76.5 Å². The Morgan fingerprint density at radius 1 is 0.250 bits per heavy atom. The van der Waals surface area contributed by atoms with Gasteiger partial charge in [-0.05, 0) is 82.5 Å². The summed E-state index contributed by atoms with van der Waals surface area (Å²) in [7, 11) is 0. The Morgan fingerprint density at radius 3 is 1.43 bits per heavy atom. The van der Waals surface area contributed by atoms with Crippen molar-refractivity contribution in [3.05, 3.63) is 158 Å². The van der Waals surface area contributed by atoms with Gasteiger partial charge >= 0.3 is 0 Å². The van der Waals surface area contributed by atoms with E-state index in [-0.39, 0.29) is 0 Å². The number of fused-ring (bicyclic) bond motifs is 4. The molecule has 0 aromatic heterocycles. The van der Waals surface area contributed by atoms with Crippen LogP contribution in [0.3, 0.4) is 0 Å². The lowest BCUT2D eigenvalue weighted by Gasteiger charge is -2.19. The molecule has 0 heterocycles. The molecule has 0 amide bonds. The van der Waals surface area contributed by atoms with Crippen molar-refractivity contribution in [2.45, 2.75) is 0 Å². The Labute approximate surface area is 233 Å². The van der Waals surface area contributed by atoms with Gasteiger partial charge in [0.1, 0.15) is 0 Å². The van der Waals surface area contributed by atoms with Crippen molar-refractivity contribution in [3.63, 3.8) is 0 Å². The molecule has 40 heavy (non-hydrogen) atoms. The maximum Gasteiger partial charge on any atom is -0.00201 e. The van der Waals surface area contributed by atoms with Gasteiger partial charge in [0.05, 0.1) is 0 Å². The van der Waals surface area contributed by atoms with Crippen molar-refractivity contribution in [2.24, 2.45) is 0 Å². The zero-order chi connectivity index (χ0) is 26.5. The van der Waals surface area contributed by atoms with Crippen LogP contribution in [-0.2, 0) is 0 Å². The van der Waals surface area contributed by atoms with Crippen LogP contribution in [0.1, 0.15) is 0 Å². The summed E-state index contributed by atoms with van der Waals surface area (Å²) in [6.07, 6.45) is 0. The Balaban J connectivity index is 1.48. The first-order valence-electron chi connectivity index (χ1n) is 13.9. The van der Waals surface area contributed by atoms with Crippen molar-refractivity contribution >= 4 is 43.1 Å². The highest BCUT2D eigenvalue weighted by Crippen LogP contribution is 2.46. The Hall–Kier alpha value is -5.20. The lowest BCUT2D eigenvalue weighted by atomic mass is 9.84. The maximum atomic E-state index is 2.34. The van der Waals surface area contributed by atoms with E-state index in [2.05, 4.69) is 158 Å². The first kappa shape index (κ1) is 22.8. The fraction of sp³-hybridized carbons (Fsp3) is 0. The molecule has 0 atom stereocenters. The van der Waals surface area contributed by atoms with E-state index in [0.29, 0.717) is 0 Å². The van der Waals surface area contributed by atoms with Gasteiger partial charge < -0.3 is 0 Å². The predicted molar refractivity (Wildman–Crippen MR) is 173 cm³/mol. The van der Waals surface area contributed by atoms with E-state index in [0.717, 1.165) is 0 Å². The predicted octanol–water partition coefficient (Wildman–Crippen LogP) is 11.3. The second-order valence-electron chi connectivity index (χ2n) is 10.5. The molecule has 8 aromatic rings. The molecule has 0 nitrogen and oxygen atoms in total. The van der Waals surface area contributed by atoms with E-state index in [9.17, 15) is 0 Å². The van der Waals surface area contributed by atoms with Crippen molar-refractivity contribution in [1.82, 2.24) is 0 Å². The van der Waals surface area contributed by atoms with Crippen LogP contribution in [0.5, 0.6) is 0 Å². The summed E-state index contributed by atoms with van der Waals surface area (Å²) in [5.41, 5.74) is 7.63. The minimum Gasteiger partial charge on any atom is -0.0622 e. The van der Waals surface area contributed by atoms with E-state index in [1.807, 2.05) is 0 Å². The summed E-state index contributed by atoms with van der Waals surface area (Å²) >= 11 is 0. The van der Waals surface area contributed by atoms with Crippen molar-refractivity contribution in [3.8, 4) is 33.4 Å². The summed E-state index contributed by atoms with van der Waals surface area (Å²) in [5, 5.41) is 10.2. The third-order valence-electron chi connectivity index (χ3n) is 8.25. The average Bonchev–Trinajstić information content (AvgIpc) is 3.03. The van der Waals surface area contributed by atoms with Gasteiger partial charge in [0, 0.05) is 0 Å². The summed E-state index contributed by atoms with van der Waals surface area (Å²) in [6.45, 7) is 0. The monoisotopic (exact) mass is 506 g/mol. The number of hydrogen-bond donors (Lipinski definition) is 0. The molecule has 0 saturated carbocycles. The molecular weight excluding hydrogens is 480 g/mol. The third kappa shape index (κ3) is 3.54. The molecule has 0 unspecified atom stereocenters. The lowest BCUT2D eigenvalue weighted by molar-refractivity contribution is 1.64. The smallest absolute Gasteiger partial charge is 0.00201 e. The number of hydrogen-bond acceptors (Lipinski definition) is 0. The molecule has 0 aliphatic carbocycles. The summed E-state index contributed by atoms with van der Waals surface area (Å²) < 4.78 is 0. The highest BCUT2D eigenvalue weighted by molar-refractivity contribution is 6.24. The van der Waals surface area contributed by atoms with Crippen LogP contribution in [0, 0.1) is 0 Å². The van der Waals surface area contributed by atoms with Crippen LogP contribution in [-0.4, -0.2) is 0 Å². The highest BCUT2D eigenvalue weighted by Gasteiger charge is 2.18. The Morgan fingerprint density at radius 2 is 0.750 bits per heavy atom. The summed E-state index contributed by atoms with van der Waals surface area (Å²) in [6, 6.07) is 57.5. The molecule has 8 aromatic carbocycles. The fourth-order valence-electron chi connectivity index (χ4n) is 6.47. The van der Waals surface area contributed by atoms with E-state index in [1.165, 1.54) is 76.5 Å². The molecule has 8 rings (SSSR count). The summed E-state index contributed by atoms with van der Waals surface area (Å²) in [5.74, 6) is 0.